The number of anilines is 1. The Bertz CT molecular complexity index is 826. The Balaban J connectivity index is 2.46. The summed E-state index contributed by atoms with van der Waals surface area (Å²) in [5.74, 6) is -0.225. The smallest absolute Gasteiger partial charge is 0.256 e. The molecule has 27 heavy (non-hydrogen) atoms. The zero-order chi connectivity index (χ0) is 20.2. The molecule has 1 heterocycles. The number of carbonyl (C=O) groups is 1. The molecule has 1 aliphatic carbocycles. The molecule has 1 amide bonds. The first kappa shape index (κ1) is 21.2. The lowest BCUT2D eigenvalue weighted by Crippen LogP contribution is -2.21. The van der Waals surface area contributed by atoms with Crippen molar-refractivity contribution in [2.45, 2.75) is 47.0 Å². The fraction of sp³-hybridized carbons (Fsp3) is 0.409. The van der Waals surface area contributed by atoms with Gasteiger partial charge in [-0.05, 0) is 49.7 Å². The van der Waals surface area contributed by atoms with E-state index in [1.165, 1.54) is 16.2 Å². The number of hydrogen-bond donors (Lipinski definition) is 3. The second kappa shape index (κ2) is 8.72. The average Bonchev–Trinajstić information content (AvgIpc) is 2.93. The SMILES string of the molecule is C=C(O)c1c(NC(=O)C(/C=C\C)=C(/C=C\C)CN)sc2c1CC(C)(C)CC2. The Morgan fingerprint density at radius 1 is 1.33 bits per heavy atom. The van der Waals surface area contributed by atoms with Crippen LogP contribution in [0.1, 0.15) is 50.1 Å². The van der Waals surface area contributed by atoms with Crippen LogP contribution in [0.3, 0.4) is 0 Å². The van der Waals surface area contributed by atoms with Gasteiger partial charge in [0.1, 0.15) is 10.8 Å². The van der Waals surface area contributed by atoms with E-state index < -0.39 is 0 Å². The minimum absolute atomic E-state index is 0.00423. The summed E-state index contributed by atoms with van der Waals surface area (Å²) in [5.41, 5.74) is 9.09. The number of nitrogens with one attached hydrogen (secondary N) is 1. The van der Waals surface area contributed by atoms with Gasteiger partial charge < -0.3 is 16.2 Å². The number of amides is 1. The van der Waals surface area contributed by atoms with Crippen molar-refractivity contribution >= 4 is 28.0 Å². The lowest BCUT2D eigenvalue weighted by atomic mass is 9.76. The summed E-state index contributed by atoms with van der Waals surface area (Å²) >= 11 is 1.54. The highest BCUT2D eigenvalue weighted by molar-refractivity contribution is 7.16. The Morgan fingerprint density at radius 2 is 2.00 bits per heavy atom. The quantitative estimate of drug-likeness (QED) is 0.360. The third-order valence-corrected chi connectivity index (χ3v) is 6.01. The highest BCUT2D eigenvalue weighted by Crippen LogP contribution is 2.45. The molecule has 0 aliphatic heterocycles. The van der Waals surface area contributed by atoms with Crippen LogP contribution in [0.2, 0.25) is 0 Å². The molecule has 1 aliphatic rings. The van der Waals surface area contributed by atoms with E-state index in [1.807, 2.05) is 32.1 Å². The van der Waals surface area contributed by atoms with Gasteiger partial charge in [0.25, 0.3) is 5.91 Å². The van der Waals surface area contributed by atoms with Crippen molar-refractivity contribution in [1.82, 2.24) is 0 Å². The number of fused-ring (bicyclic) bond motifs is 1. The lowest BCUT2D eigenvalue weighted by molar-refractivity contribution is -0.112. The average molecular weight is 387 g/mol. The molecule has 0 saturated carbocycles. The van der Waals surface area contributed by atoms with Gasteiger partial charge in [-0.2, -0.15) is 0 Å². The molecule has 0 spiro atoms. The zero-order valence-electron chi connectivity index (χ0n) is 16.7. The van der Waals surface area contributed by atoms with Gasteiger partial charge in [0.2, 0.25) is 0 Å². The number of allylic oxidation sites excluding steroid dienone is 2. The first-order valence-electron chi connectivity index (χ1n) is 9.26. The van der Waals surface area contributed by atoms with E-state index in [-0.39, 0.29) is 23.6 Å². The number of aliphatic hydroxyl groups excluding tert-OH is 1. The maximum atomic E-state index is 13.0. The van der Waals surface area contributed by atoms with Crippen LogP contribution in [0, 0.1) is 5.41 Å². The zero-order valence-corrected chi connectivity index (χ0v) is 17.5. The third kappa shape index (κ3) is 4.79. The van der Waals surface area contributed by atoms with E-state index in [9.17, 15) is 9.90 Å². The summed E-state index contributed by atoms with van der Waals surface area (Å²) in [6.07, 6.45) is 10.2. The topological polar surface area (TPSA) is 75.3 Å². The van der Waals surface area contributed by atoms with E-state index in [1.54, 1.807) is 6.08 Å². The summed E-state index contributed by atoms with van der Waals surface area (Å²) in [5, 5.41) is 13.9. The molecular formula is C22H30N2O2S. The second-order valence-corrected chi connectivity index (χ2v) is 8.70. The maximum absolute atomic E-state index is 13.0. The summed E-state index contributed by atoms with van der Waals surface area (Å²) in [6.45, 7) is 12.2. The van der Waals surface area contributed by atoms with Crippen LogP contribution in [0.25, 0.3) is 5.76 Å². The fourth-order valence-electron chi connectivity index (χ4n) is 3.45. The number of aryl methyl sites for hydroxylation is 1. The van der Waals surface area contributed by atoms with Crippen molar-refractivity contribution in [2.24, 2.45) is 11.1 Å². The van der Waals surface area contributed by atoms with Crippen molar-refractivity contribution < 1.29 is 9.90 Å². The molecule has 4 N–H and O–H groups in total. The number of nitrogens with two attached hydrogens (primary N) is 1. The monoisotopic (exact) mass is 386 g/mol. The highest BCUT2D eigenvalue weighted by Gasteiger charge is 2.31. The van der Waals surface area contributed by atoms with Gasteiger partial charge in [-0.1, -0.05) is 44.7 Å². The molecule has 0 saturated heterocycles. The molecule has 0 radical (unpaired) electrons. The summed E-state index contributed by atoms with van der Waals surface area (Å²) in [6, 6.07) is 0. The van der Waals surface area contributed by atoms with Gasteiger partial charge in [0.05, 0.1) is 5.56 Å². The first-order chi connectivity index (χ1) is 12.7. The highest BCUT2D eigenvalue weighted by atomic mass is 32.1. The second-order valence-electron chi connectivity index (χ2n) is 7.59. The number of rotatable bonds is 6. The van der Waals surface area contributed by atoms with Gasteiger partial charge in [-0.15, -0.1) is 11.3 Å². The molecule has 0 fully saturated rings. The first-order valence-corrected chi connectivity index (χ1v) is 10.1. The van der Waals surface area contributed by atoms with Crippen molar-refractivity contribution in [1.29, 1.82) is 0 Å². The Labute approximate surface area is 166 Å². The minimum atomic E-state index is -0.230. The van der Waals surface area contributed by atoms with E-state index >= 15 is 0 Å². The van der Waals surface area contributed by atoms with Crippen LogP contribution in [-0.2, 0) is 17.6 Å². The van der Waals surface area contributed by atoms with Gasteiger partial charge in [-0.3, -0.25) is 4.79 Å². The molecule has 0 bridgehead atoms. The summed E-state index contributed by atoms with van der Waals surface area (Å²) in [4.78, 5) is 14.2. The number of carbonyl (C=O) groups excluding carboxylic acids is 1. The van der Waals surface area contributed by atoms with Gasteiger partial charge in [-0.25, -0.2) is 0 Å². The molecule has 0 unspecified atom stereocenters. The van der Waals surface area contributed by atoms with E-state index in [0.717, 1.165) is 30.4 Å². The molecular weight excluding hydrogens is 356 g/mol. The fourth-order valence-corrected chi connectivity index (χ4v) is 4.68. The largest absolute Gasteiger partial charge is 0.508 e. The lowest BCUT2D eigenvalue weighted by Gasteiger charge is -2.29. The van der Waals surface area contributed by atoms with Crippen LogP contribution in [0.4, 0.5) is 5.00 Å². The molecule has 146 valence electrons. The van der Waals surface area contributed by atoms with Crippen LogP contribution < -0.4 is 11.1 Å². The Morgan fingerprint density at radius 3 is 2.56 bits per heavy atom. The summed E-state index contributed by atoms with van der Waals surface area (Å²) < 4.78 is 0. The molecule has 1 aromatic rings. The molecule has 1 aromatic heterocycles. The van der Waals surface area contributed by atoms with Crippen molar-refractivity contribution in [3.63, 3.8) is 0 Å². The number of thiophene rings is 1. The minimum Gasteiger partial charge on any atom is -0.508 e. The van der Waals surface area contributed by atoms with Gasteiger partial charge in [0, 0.05) is 17.0 Å². The van der Waals surface area contributed by atoms with Crippen molar-refractivity contribution in [3.05, 3.63) is 58.0 Å². The van der Waals surface area contributed by atoms with E-state index in [0.29, 0.717) is 16.1 Å². The normalized spacial score (nSPS) is 17.1. The van der Waals surface area contributed by atoms with Crippen molar-refractivity contribution in [2.75, 3.05) is 11.9 Å². The van der Waals surface area contributed by atoms with Crippen LogP contribution in [0.15, 0.2) is 42.0 Å². The van der Waals surface area contributed by atoms with Crippen LogP contribution in [0.5, 0.6) is 0 Å². The summed E-state index contributed by atoms with van der Waals surface area (Å²) in [7, 11) is 0. The standard InChI is InChI=1S/C22H30N2O2S/c1-6-8-15(13-23)16(9-7-2)20(26)24-21-19(14(3)25)17-12-22(4,5)11-10-18(17)27-21/h6-9,25H,3,10-13,23H2,1-2,4-5H3,(H,24,26)/b8-6-,9-7-,16-15-. The number of aliphatic hydroxyl groups is 1. The van der Waals surface area contributed by atoms with E-state index in [4.69, 9.17) is 5.73 Å². The maximum Gasteiger partial charge on any atom is 0.256 e. The molecule has 5 heteroatoms. The van der Waals surface area contributed by atoms with Gasteiger partial charge >= 0.3 is 0 Å². The predicted octanol–water partition coefficient (Wildman–Crippen LogP) is 5.14. The third-order valence-electron chi connectivity index (χ3n) is 4.80. The predicted molar refractivity (Wildman–Crippen MR) is 116 cm³/mol. The Kier molecular flexibility index (Phi) is 6.84. The van der Waals surface area contributed by atoms with Crippen LogP contribution >= 0.6 is 11.3 Å². The Hall–Kier alpha value is -2.11. The number of hydrogen-bond acceptors (Lipinski definition) is 4. The molecule has 4 nitrogen and oxygen atoms in total. The molecule has 2 rings (SSSR count). The van der Waals surface area contributed by atoms with Gasteiger partial charge in [0.15, 0.2) is 0 Å². The van der Waals surface area contributed by atoms with Crippen LogP contribution in [-0.4, -0.2) is 17.6 Å². The molecule has 0 aromatic carbocycles. The van der Waals surface area contributed by atoms with E-state index in [2.05, 4.69) is 25.7 Å². The van der Waals surface area contributed by atoms with Crippen molar-refractivity contribution in [3.8, 4) is 0 Å². The molecule has 0 atom stereocenters.